The number of nitrogens with zero attached hydrogens (tertiary/aromatic N) is 2. The van der Waals surface area contributed by atoms with Gasteiger partial charge in [-0.25, -0.2) is 0 Å². The van der Waals surface area contributed by atoms with Gasteiger partial charge in [-0.3, -0.25) is 4.90 Å². The lowest BCUT2D eigenvalue weighted by Gasteiger charge is -2.48. The van der Waals surface area contributed by atoms with Gasteiger partial charge in [-0.15, -0.1) is 0 Å². The van der Waals surface area contributed by atoms with E-state index in [2.05, 4.69) is 23.2 Å². The van der Waals surface area contributed by atoms with E-state index < -0.39 is 0 Å². The summed E-state index contributed by atoms with van der Waals surface area (Å²) >= 11 is 0. The molecule has 1 N–H and O–H groups in total. The van der Waals surface area contributed by atoms with Gasteiger partial charge in [0.2, 0.25) is 0 Å². The van der Waals surface area contributed by atoms with E-state index in [9.17, 15) is 5.26 Å². The summed E-state index contributed by atoms with van der Waals surface area (Å²) in [6.45, 7) is 6.41. The van der Waals surface area contributed by atoms with Gasteiger partial charge in [0.1, 0.15) is 5.54 Å². The minimum absolute atomic E-state index is 0.144. The van der Waals surface area contributed by atoms with Crippen LogP contribution in [0.2, 0.25) is 0 Å². The minimum Gasteiger partial charge on any atom is -0.314 e. The molecule has 0 bridgehead atoms. The molecule has 2 fully saturated rings. The van der Waals surface area contributed by atoms with Gasteiger partial charge >= 0.3 is 0 Å². The highest BCUT2D eigenvalue weighted by Crippen LogP contribution is 2.40. The highest BCUT2D eigenvalue weighted by atomic mass is 15.2. The molecule has 16 heavy (non-hydrogen) atoms. The van der Waals surface area contributed by atoms with Crippen LogP contribution in [0.3, 0.4) is 0 Å². The molecule has 2 unspecified atom stereocenters. The summed E-state index contributed by atoms with van der Waals surface area (Å²) in [5.74, 6) is 0.587. The first-order chi connectivity index (χ1) is 7.83. The maximum absolute atomic E-state index is 9.68. The summed E-state index contributed by atoms with van der Waals surface area (Å²) in [6, 6.07) is 2.69. The Morgan fingerprint density at radius 3 is 2.75 bits per heavy atom. The van der Waals surface area contributed by atoms with Crippen LogP contribution in [-0.2, 0) is 0 Å². The van der Waals surface area contributed by atoms with Crippen LogP contribution < -0.4 is 5.32 Å². The number of hydrogen-bond donors (Lipinski definition) is 1. The standard InChI is InChI=1S/C13H23N3/c1-2-12-5-3-4-6-13(12,11-14)16-9-7-15-8-10-16/h12,15H,2-10H2,1H3. The van der Waals surface area contributed by atoms with Crippen molar-refractivity contribution in [2.24, 2.45) is 5.92 Å². The van der Waals surface area contributed by atoms with Crippen LogP contribution in [0.15, 0.2) is 0 Å². The maximum Gasteiger partial charge on any atom is 0.112 e. The predicted molar refractivity (Wildman–Crippen MR) is 65.0 cm³/mol. The maximum atomic E-state index is 9.68. The van der Waals surface area contributed by atoms with Crippen molar-refractivity contribution in [1.29, 1.82) is 5.26 Å². The van der Waals surface area contributed by atoms with Crippen LogP contribution in [0.1, 0.15) is 39.0 Å². The van der Waals surface area contributed by atoms with E-state index in [1.54, 1.807) is 0 Å². The molecule has 1 aliphatic heterocycles. The topological polar surface area (TPSA) is 39.1 Å². The smallest absolute Gasteiger partial charge is 0.112 e. The SMILES string of the molecule is CCC1CCCCC1(C#N)N1CCNCC1. The van der Waals surface area contributed by atoms with E-state index in [4.69, 9.17) is 0 Å². The molecule has 0 aromatic rings. The number of nitrogens with one attached hydrogen (secondary N) is 1. The van der Waals surface area contributed by atoms with Gasteiger partial charge in [0.05, 0.1) is 6.07 Å². The summed E-state index contributed by atoms with van der Waals surface area (Å²) in [5.41, 5.74) is -0.144. The average molecular weight is 221 g/mol. The molecule has 3 heteroatoms. The third kappa shape index (κ3) is 1.97. The van der Waals surface area contributed by atoms with Crippen LogP contribution in [-0.4, -0.2) is 36.6 Å². The predicted octanol–water partition coefficient (Wildman–Crippen LogP) is 1.75. The van der Waals surface area contributed by atoms with Gasteiger partial charge in [0.15, 0.2) is 0 Å². The van der Waals surface area contributed by atoms with Crippen LogP contribution in [0.25, 0.3) is 0 Å². The third-order valence-corrected chi connectivity index (χ3v) is 4.40. The van der Waals surface area contributed by atoms with E-state index >= 15 is 0 Å². The molecule has 90 valence electrons. The Hall–Kier alpha value is -0.590. The first kappa shape index (κ1) is 11.9. The Labute approximate surface area is 98.8 Å². The fourth-order valence-electron chi connectivity index (χ4n) is 3.47. The van der Waals surface area contributed by atoms with Crippen molar-refractivity contribution in [3.8, 4) is 6.07 Å². The largest absolute Gasteiger partial charge is 0.314 e. The Morgan fingerprint density at radius 2 is 2.12 bits per heavy atom. The molecule has 0 spiro atoms. The number of piperazine rings is 1. The van der Waals surface area contributed by atoms with Gasteiger partial charge in [0.25, 0.3) is 0 Å². The van der Waals surface area contributed by atoms with Crippen LogP contribution in [0.4, 0.5) is 0 Å². The van der Waals surface area contributed by atoms with Gasteiger partial charge in [-0.1, -0.05) is 26.2 Å². The summed E-state index contributed by atoms with van der Waals surface area (Å²) in [5, 5.41) is 13.1. The van der Waals surface area contributed by atoms with Crippen molar-refractivity contribution < 1.29 is 0 Å². The second-order valence-electron chi connectivity index (χ2n) is 5.12. The van der Waals surface area contributed by atoms with Crippen molar-refractivity contribution in [3.05, 3.63) is 0 Å². The third-order valence-electron chi connectivity index (χ3n) is 4.40. The van der Waals surface area contributed by atoms with Crippen molar-refractivity contribution in [2.45, 2.75) is 44.6 Å². The zero-order valence-electron chi connectivity index (χ0n) is 10.3. The van der Waals surface area contributed by atoms with Gasteiger partial charge < -0.3 is 5.32 Å². The Morgan fingerprint density at radius 1 is 1.38 bits per heavy atom. The molecule has 2 aliphatic rings. The van der Waals surface area contributed by atoms with Gasteiger partial charge in [-0.05, 0) is 18.8 Å². The van der Waals surface area contributed by atoms with E-state index in [1.807, 2.05) is 0 Å². The highest BCUT2D eigenvalue weighted by Gasteiger charge is 2.44. The summed E-state index contributed by atoms with van der Waals surface area (Å²) in [7, 11) is 0. The van der Waals surface area contributed by atoms with E-state index in [-0.39, 0.29) is 5.54 Å². The molecule has 2 rings (SSSR count). The summed E-state index contributed by atoms with van der Waals surface area (Å²) < 4.78 is 0. The number of nitriles is 1. The lowest BCUT2D eigenvalue weighted by molar-refractivity contribution is 0.0335. The van der Waals surface area contributed by atoms with Crippen molar-refractivity contribution in [3.63, 3.8) is 0 Å². The monoisotopic (exact) mass is 221 g/mol. The fraction of sp³-hybridized carbons (Fsp3) is 0.923. The highest BCUT2D eigenvalue weighted by molar-refractivity contribution is 5.14. The van der Waals surface area contributed by atoms with E-state index in [1.165, 1.54) is 19.3 Å². The molecule has 0 aromatic heterocycles. The minimum atomic E-state index is -0.144. The molecule has 1 saturated carbocycles. The molecule has 1 aliphatic carbocycles. The Balaban J connectivity index is 2.17. The average Bonchev–Trinajstić information content (AvgIpc) is 2.39. The van der Waals surface area contributed by atoms with Crippen LogP contribution in [0.5, 0.6) is 0 Å². The molecular weight excluding hydrogens is 198 g/mol. The second-order valence-corrected chi connectivity index (χ2v) is 5.12. The number of rotatable bonds is 2. The Kier molecular flexibility index (Phi) is 3.83. The van der Waals surface area contributed by atoms with E-state index in [0.717, 1.165) is 39.0 Å². The Bertz CT molecular complexity index is 265. The van der Waals surface area contributed by atoms with Gasteiger partial charge in [0, 0.05) is 26.2 Å². The summed E-state index contributed by atoms with van der Waals surface area (Å²) in [6.07, 6.45) is 6.02. The fourth-order valence-corrected chi connectivity index (χ4v) is 3.47. The molecule has 0 radical (unpaired) electrons. The molecule has 1 heterocycles. The molecule has 0 amide bonds. The zero-order chi connectivity index (χ0) is 11.4. The lowest BCUT2D eigenvalue weighted by Crippen LogP contribution is -2.59. The van der Waals surface area contributed by atoms with E-state index in [0.29, 0.717) is 5.92 Å². The lowest BCUT2D eigenvalue weighted by atomic mass is 9.71. The molecule has 0 aromatic carbocycles. The molecular formula is C13H23N3. The number of hydrogen-bond acceptors (Lipinski definition) is 3. The first-order valence-corrected chi connectivity index (χ1v) is 6.70. The van der Waals surface area contributed by atoms with Crippen LogP contribution in [0, 0.1) is 17.2 Å². The van der Waals surface area contributed by atoms with Crippen molar-refractivity contribution in [2.75, 3.05) is 26.2 Å². The molecule has 2 atom stereocenters. The van der Waals surface area contributed by atoms with Gasteiger partial charge in [-0.2, -0.15) is 5.26 Å². The quantitative estimate of drug-likeness (QED) is 0.772. The zero-order valence-corrected chi connectivity index (χ0v) is 10.3. The molecule has 3 nitrogen and oxygen atoms in total. The van der Waals surface area contributed by atoms with Crippen LogP contribution >= 0.6 is 0 Å². The normalized spacial score (nSPS) is 36.9. The molecule has 1 saturated heterocycles. The van der Waals surface area contributed by atoms with Crippen molar-refractivity contribution >= 4 is 0 Å². The van der Waals surface area contributed by atoms with Crippen molar-refractivity contribution in [1.82, 2.24) is 10.2 Å². The summed E-state index contributed by atoms with van der Waals surface area (Å²) in [4.78, 5) is 2.46. The first-order valence-electron chi connectivity index (χ1n) is 6.70. The second kappa shape index (κ2) is 5.16.